The summed E-state index contributed by atoms with van der Waals surface area (Å²) in [6.07, 6.45) is 3.46. The quantitative estimate of drug-likeness (QED) is 0.650. The number of aromatic nitrogens is 1. The third-order valence-electron chi connectivity index (χ3n) is 3.52. The van der Waals surface area contributed by atoms with Gasteiger partial charge in [-0.2, -0.15) is 0 Å². The molecule has 0 unspecified atom stereocenters. The topological polar surface area (TPSA) is 91.3 Å². The molecule has 3 rings (SSSR count). The molecular weight excluding hydrogens is 338 g/mol. The summed E-state index contributed by atoms with van der Waals surface area (Å²) in [5.41, 5.74) is 2.64. The Morgan fingerprint density at radius 3 is 2.60 bits per heavy atom. The highest BCUT2D eigenvalue weighted by Gasteiger charge is 2.08. The maximum atomic E-state index is 12.0. The Balaban J connectivity index is 1.62. The summed E-state index contributed by atoms with van der Waals surface area (Å²) in [5.74, 6) is -1.01. The van der Waals surface area contributed by atoms with Crippen LogP contribution in [0.3, 0.4) is 0 Å². The zero-order valence-electron chi connectivity index (χ0n) is 13.1. The Labute approximate surface area is 148 Å². The fourth-order valence-electron chi connectivity index (χ4n) is 2.29. The maximum Gasteiger partial charge on any atom is 0.335 e. The van der Waals surface area contributed by atoms with Crippen molar-refractivity contribution >= 4 is 29.0 Å². The summed E-state index contributed by atoms with van der Waals surface area (Å²) in [6.45, 7) is 0.333. The number of hydrogen-bond acceptors (Lipinski definition) is 4. The van der Waals surface area contributed by atoms with E-state index in [1.807, 2.05) is 23.6 Å². The standard InChI is InChI=1S/C18H15N3O3S/c22-17(23)12-3-5-14(6-4-12)21-18(24)20-11-13-10-19-8-7-15(13)16-2-1-9-25-16/h1-10H,11H2,(H,22,23)(H2,20,21,24). The summed E-state index contributed by atoms with van der Waals surface area (Å²) >= 11 is 1.63. The molecule has 126 valence electrons. The Morgan fingerprint density at radius 2 is 1.92 bits per heavy atom. The van der Waals surface area contributed by atoms with E-state index in [9.17, 15) is 9.59 Å². The van der Waals surface area contributed by atoms with Crippen molar-refractivity contribution in [1.29, 1.82) is 0 Å². The number of anilines is 1. The molecule has 0 bridgehead atoms. The fraction of sp³-hybridized carbons (Fsp3) is 0.0556. The van der Waals surface area contributed by atoms with Gasteiger partial charge in [0.1, 0.15) is 0 Å². The Kier molecular flexibility index (Phi) is 5.06. The van der Waals surface area contributed by atoms with Gasteiger partial charge < -0.3 is 15.7 Å². The molecule has 7 heteroatoms. The molecule has 3 N–H and O–H groups in total. The second-order valence-corrected chi connectivity index (χ2v) is 6.15. The minimum Gasteiger partial charge on any atom is -0.478 e. The first-order valence-corrected chi connectivity index (χ1v) is 8.36. The molecular formula is C18H15N3O3S. The van der Waals surface area contributed by atoms with Gasteiger partial charge in [0, 0.05) is 29.5 Å². The van der Waals surface area contributed by atoms with Gasteiger partial charge in [0.25, 0.3) is 0 Å². The normalized spacial score (nSPS) is 10.2. The van der Waals surface area contributed by atoms with Crippen molar-refractivity contribution in [2.24, 2.45) is 0 Å². The van der Waals surface area contributed by atoms with Crippen LogP contribution in [-0.4, -0.2) is 22.1 Å². The van der Waals surface area contributed by atoms with Crippen LogP contribution in [0.5, 0.6) is 0 Å². The first kappa shape index (κ1) is 16.7. The van der Waals surface area contributed by atoms with Gasteiger partial charge >= 0.3 is 12.0 Å². The van der Waals surface area contributed by atoms with Gasteiger partial charge in [-0.05, 0) is 52.9 Å². The van der Waals surface area contributed by atoms with Crippen molar-refractivity contribution in [3.8, 4) is 10.4 Å². The molecule has 2 heterocycles. The summed E-state index contributed by atoms with van der Waals surface area (Å²) in [6, 6.07) is 11.5. The third-order valence-corrected chi connectivity index (χ3v) is 4.42. The monoisotopic (exact) mass is 353 g/mol. The molecule has 1 aromatic carbocycles. The van der Waals surface area contributed by atoms with Crippen molar-refractivity contribution in [2.75, 3.05) is 5.32 Å². The number of thiophene rings is 1. The number of nitrogens with zero attached hydrogens (tertiary/aromatic N) is 1. The molecule has 0 aliphatic heterocycles. The van der Waals surface area contributed by atoms with Gasteiger partial charge in [-0.1, -0.05) is 6.07 Å². The Hall–Kier alpha value is -3.19. The van der Waals surface area contributed by atoms with Crippen LogP contribution < -0.4 is 10.6 Å². The number of aromatic carboxylic acids is 1. The van der Waals surface area contributed by atoms with E-state index in [4.69, 9.17) is 5.11 Å². The number of carbonyl (C=O) groups is 2. The number of urea groups is 1. The third kappa shape index (κ3) is 4.21. The van der Waals surface area contributed by atoms with E-state index in [1.54, 1.807) is 35.9 Å². The molecule has 2 aromatic heterocycles. The number of carboxylic acids is 1. The van der Waals surface area contributed by atoms with Gasteiger partial charge in [-0.15, -0.1) is 11.3 Å². The molecule has 0 aliphatic carbocycles. The van der Waals surface area contributed by atoms with Crippen LogP contribution in [0.25, 0.3) is 10.4 Å². The summed E-state index contributed by atoms with van der Waals surface area (Å²) in [5, 5.41) is 16.3. The number of rotatable bonds is 5. The molecule has 0 atom stereocenters. The fourth-order valence-corrected chi connectivity index (χ4v) is 3.07. The molecule has 3 aromatic rings. The van der Waals surface area contributed by atoms with Gasteiger partial charge in [-0.25, -0.2) is 9.59 Å². The molecule has 2 amide bonds. The van der Waals surface area contributed by atoms with Crippen LogP contribution in [0.2, 0.25) is 0 Å². The maximum absolute atomic E-state index is 12.0. The van der Waals surface area contributed by atoms with Crippen molar-refractivity contribution in [3.63, 3.8) is 0 Å². The van der Waals surface area contributed by atoms with E-state index >= 15 is 0 Å². The first-order chi connectivity index (χ1) is 12.1. The lowest BCUT2D eigenvalue weighted by atomic mass is 10.1. The smallest absolute Gasteiger partial charge is 0.335 e. The molecule has 0 saturated carbocycles. The number of carboxylic acid groups (broad SMARTS) is 1. The molecule has 0 spiro atoms. The number of amides is 2. The summed E-state index contributed by atoms with van der Waals surface area (Å²) in [4.78, 5) is 28.1. The zero-order chi connectivity index (χ0) is 17.6. The SMILES string of the molecule is O=C(NCc1cnccc1-c1cccs1)Nc1ccc(C(=O)O)cc1. The summed E-state index contributed by atoms with van der Waals surface area (Å²) in [7, 11) is 0. The van der Waals surface area contributed by atoms with E-state index in [0.29, 0.717) is 12.2 Å². The predicted octanol–water partition coefficient (Wildman–Crippen LogP) is 3.83. The van der Waals surface area contributed by atoms with Crippen molar-refractivity contribution in [1.82, 2.24) is 10.3 Å². The lowest BCUT2D eigenvalue weighted by Gasteiger charge is -2.10. The average molecular weight is 353 g/mol. The number of carbonyl (C=O) groups excluding carboxylic acids is 1. The van der Waals surface area contributed by atoms with Gasteiger partial charge in [0.2, 0.25) is 0 Å². The lowest BCUT2D eigenvalue weighted by Crippen LogP contribution is -2.28. The van der Waals surface area contributed by atoms with Gasteiger partial charge in [0.05, 0.1) is 5.56 Å². The first-order valence-electron chi connectivity index (χ1n) is 7.48. The van der Waals surface area contributed by atoms with Gasteiger partial charge in [-0.3, -0.25) is 4.98 Å². The minimum absolute atomic E-state index is 0.168. The van der Waals surface area contributed by atoms with E-state index in [0.717, 1.165) is 16.0 Å². The average Bonchev–Trinajstić information content (AvgIpc) is 3.15. The largest absolute Gasteiger partial charge is 0.478 e. The second kappa shape index (κ2) is 7.59. The molecule has 0 aliphatic rings. The predicted molar refractivity (Wildman–Crippen MR) is 96.8 cm³/mol. The summed E-state index contributed by atoms with van der Waals surface area (Å²) < 4.78 is 0. The van der Waals surface area contributed by atoms with Crippen LogP contribution in [0.15, 0.2) is 60.2 Å². The Morgan fingerprint density at radius 1 is 1.12 bits per heavy atom. The highest BCUT2D eigenvalue weighted by atomic mass is 32.1. The molecule has 0 radical (unpaired) electrons. The molecule has 0 saturated heterocycles. The van der Waals surface area contributed by atoms with Crippen molar-refractivity contribution < 1.29 is 14.7 Å². The van der Waals surface area contributed by atoms with Crippen LogP contribution in [0.1, 0.15) is 15.9 Å². The molecule has 25 heavy (non-hydrogen) atoms. The minimum atomic E-state index is -1.01. The second-order valence-electron chi connectivity index (χ2n) is 5.20. The van der Waals surface area contributed by atoms with E-state index < -0.39 is 5.97 Å². The van der Waals surface area contributed by atoms with E-state index in [1.165, 1.54) is 12.1 Å². The Bertz CT molecular complexity index is 877. The zero-order valence-corrected chi connectivity index (χ0v) is 13.9. The highest BCUT2D eigenvalue weighted by Crippen LogP contribution is 2.27. The van der Waals surface area contributed by atoms with Gasteiger partial charge in [0.15, 0.2) is 0 Å². The number of hydrogen-bond donors (Lipinski definition) is 3. The van der Waals surface area contributed by atoms with Crippen molar-refractivity contribution in [2.45, 2.75) is 6.54 Å². The van der Waals surface area contributed by atoms with Crippen LogP contribution >= 0.6 is 11.3 Å². The van der Waals surface area contributed by atoms with Crippen LogP contribution in [0, 0.1) is 0 Å². The highest BCUT2D eigenvalue weighted by molar-refractivity contribution is 7.13. The molecule has 6 nitrogen and oxygen atoms in total. The number of benzene rings is 1. The number of nitrogens with one attached hydrogen (secondary N) is 2. The molecule has 0 fully saturated rings. The lowest BCUT2D eigenvalue weighted by molar-refractivity contribution is 0.0697. The number of pyridine rings is 1. The van der Waals surface area contributed by atoms with Crippen molar-refractivity contribution in [3.05, 3.63) is 71.4 Å². The van der Waals surface area contributed by atoms with Crippen LogP contribution in [0.4, 0.5) is 10.5 Å². The van der Waals surface area contributed by atoms with E-state index in [-0.39, 0.29) is 11.6 Å². The van der Waals surface area contributed by atoms with Crippen LogP contribution in [-0.2, 0) is 6.54 Å². The van der Waals surface area contributed by atoms with E-state index in [2.05, 4.69) is 15.6 Å².